The molecule has 0 aliphatic carbocycles. The van der Waals surface area contributed by atoms with Crippen molar-refractivity contribution in [2.45, 2.75) is 51.2 Å². The number of nitrogens with two attached hydrogens (primary N) is 1. The summed E-state index contributed by atoms with van der Waals surface area (Å²) >= 11 is 0. The van der Waals surface area contributed by atoms with Crippen molar-refractivity contribution in [1.29, 1.82) is 0 Å². The van der Waals surface area contributed by atoms with Crippen LogP contribution >= 0.6 is 0 Å². The van der Waals surface area contributed by atoms with Crippen LogP contribution < -0.4 is 16.4 Å². The quantitative estimate of drug-likeness (QED) is 0.305. The van der Waals surface area contributed by atoms with Gasteiger partial charge in [0.25, 0.3) is 0 Å². The summed E-state index contributed by atoms with van der Waals surface area (Å²) in [6.45, 7) is 3.24. The topological polar surface area (TPSA) is 179 Å². The van der Waals surface area contributed by atoms with E-state index in [-0.39, 0.29) is 6.54 Å². The van der Waals surface area contributed by atoms with Crippen molar-refractivity contribution in [2.75, 3.05) is 13.1 Å². The third-order valence-electron chi connectivity index (χ3n) is 4.29. The highest BCUT2D eigenvalue weighted by molar-refractivity contribution is 5.95. The third-order valence-corrected chi connectivity index (χ3v) is 4.29. The zero-order valence-electron chi connectivity index (χ0n) is 15.3. The van der Waals surface area contributed by atoms with E-state index in [9.17, 15) is 24.0 Å². The molecule has 1 aliphatic rings. The Bertz CT molecular complexity index is 608. The highest BCUT2D eigenvalue weighted by Crippen LogP contribution is 2.17. The number of carbonyl (C=O) groups is 5. The van der Waals surface area contributed by atoms with E-state index in [1.807, 2.05) is 0 Å². The Hall–Kier alpha value is -2.69. The molecule has 152 valence electrons. The van der Waals surface area contributed by atoms with Crippen LogP contribution in [0.25, 0.3) is 0 Å². The van der Waals surface area contributed by atoms with Crippen LogP contribution in [0.4, 0.5) is 0 Å². The number of aliphatic carboxylic acids is 2. The average Bonchev–Trinajstić information content (AvgIpc) is 3.06. The summed E-state index contributed by atoms with van der Waals surface area (Å²) in [6, 6.07) is -3.54. The number of nitrogens with zero attached hydrogens (tertiary/aromatic N) is 1. The van der Waals surface area contributed by atoms with E-state index in [4.69, 9.17) is 15.9 Å². The highest BCUT2D eigenvalue weighted by Gasteiger charge is 2.36. The number of rotatable bonds is 9. The molecule has 0 unspecified atom stereocenters. The van der Waals surface area contributed by atoms with Crippen molar-refractivity contribution < 1.29 is 34.2 Å². The van der Waals surface area contributed by atoms with Gasteiger partial charge in [0.15, 0.2) is 0 Å². The first-order chi connectivity index (χ1) is 12.6. The van der Waals surface area contributed by atoms with Crippen LogP contribution in [0.3, 0.4) is 0 Å². The molecule has 0 aromatic heterocycles. The lowest BCUT2D eigenvalue weighted by atomic mass is 10.0. The standard InChI is InChI=1S/C16H26N4O7/c1-8(2)13(16(26)27)19-14(24)9(6-12(22)23)18-15(25)10-4-3-5-20(10)11(21)7-17/h8-10,13H,3-7,17H2,1-2H3,(H,18,25)(H,19,24)(H,22,23)(H,26,27)/t9-,10-,13-/m0/s1. The number of carboxylic acid groups (broad SMARTS) is 2. The number of carbonyl (C=O) groups excluding carboxylic acids is 3. The minimum Gasteiger partial charge on any atom is -0.481 e. The van der Waals surface area contributed by atoms with Gasteiger partial charge in [-0.05, 0) is 18.8 Å². The summed E-state index contributed by atoms with van der Waals surface area (Å²) in [5, 5.41) is 22.7. The number of hydrogen-bond acceptors (Lipinski definition) is 6. The van der Waals surface area contributed by atoms with Crippen molar-refractivity contribution in [3.05, 3.63) is 0 Å². The number of carboxylic acids is 2. The lowest BCUT2D eigenvalue weighted by molar-refractivity contribution is -0.145. The monoisotopic (exact) mass is 386 g/mol. The molecule has 27 heavy (non-hydrogen) atoms. The largest absolute Gasteiger partial charge is 0.481 e. The van der Waals surface area contributed by atoms with Crippen LogP contribution in [0.2, 0.25) is 0 Å². The second-order valence-corrected chi connectivity index (χ2v) is 6.68. The van der Waals surface area contributed by atoms with Gasteiger partial charge in [0.2, 0.25) is 17.7 Å². The van der Waals surface area contributed by atoms with E-state index < -0.39 is 60.1 Å². The summed E-state index contributed by atoms with van der Waals surface area (Å²) in [5.41, 5.74) is 5.32. The van der Waals surface area contributed by atoms with Crippen molar-refractivity contribution in [3.63, 3.8) is 0 Å². The Morgan fingerprint density at radius 2 is 1.78 bits per heavy atom. The summed E-state index contributed by atoms with van der Waals surface area (Å²) in [6.07, 6.45) is 0.219. The fourth-order valence-corrected chi connectivity index (χ4v) is 2.87. The number of nitrogens with one attached hydrogen (secondary N) is 2. The van der Waals surface area contributed by atoms with Crippen LogP contribution in [0.15, 0.2) is 0 Å². The summed E-state index contributed by atoms with van der Waals surface area (Å²) in [5.74, 6) is -5.06. The SMILES string of the molecule is CC(C)[C@H](NC(=O)[C@H](CC(=O)O)NC(=O)[C@@H]1CCCN1C(=O)CN)C(=O)O. The molecule has 1 aliphatic heterocycles. The molecular formula is C16H26N4O7. The van der Waals surface area contributed by atoms with Gasteiger partial charge in [-0.2, -0.15) is 0 Å². The number of hydrogen-bond donors (Lipinski definition) is 5. The fourth-order valence-electron chi connectivity index (χ4n) is 2.87. The first-order valence-corrected chi connectivity index (χ1v) is 8.63. The second kappa shape index (κ2) is 9.86. The van der Waals surface area contributed by atoms with Crippen LogP contribution in [-0.2, 0) is 24.0 Å². The minimum atomic E-state index is -1.47. The number of likely N-dealkylation sites (tertiary alicyclic amines) is 1. The molecule has 11 heteroatoms. The van der Waals surface area contributed by atoms with Gasteiger partial charge >= 0.3 is 11.9 Å². The fraction of sp³-hybridized carbons (Fsp3) is 0.688. The van der Waals surface area contributed by atoms with Crippen LogP contribution in [-0.4, -0.2) is 76.0 Å². The molecule has 11 nitrogen and oxygen atoms in total. The van der Waals surface area contributed by atoms with Gasteiger partial charge in [-0.3, -0.25) is 19.2 Å². The van der Waals surface area contributed by atoms with E-state index in [1.54, 1.807) is 13.8 Å². The van der Waals surface area contributed by atoms with Crippen molar-refractivity contribution >= 4 is 29.7 Å². The molecule has 0 aromatic rings. The average molecular weight is 386 g/mol. The molecule has 6 N–H and O–H groups in total. The maximum Gasteiger partial charge on any atom is 0.326 e. The molecule has 0 radical (unpaired) electrons. The molecule has 3 amide bonds. The summed E-state index contributed by atoms with van der Waals surface area (Å²) in [4.78, 5) is 60.2. The Morgan fingerprint density at radius 3 is 2.26 bits per heavy atom. The van der Waals surface area contributed by atoms with Crippen molar-refractivity contribution in [2.24, 2.45) is 11.7 Å². The summed E-state index contributed by atoms with van der Waals surface area (Å²) in [7, 11) is 0. The molecule has 0 saturated carbocycles. The zero-order valence-corrected chi connectivity index (χ0v) is 15.3. The van der Waals surface area contributed by atoms with E-state index >= 15 is 0 Å². The smallest absolute Gasteiger partial charge is 0.326 e. The van der Waals surface area contributed by atoms with E-state index in [1.165, 1.54) is 4.90 Å². The molecule has 1 fully saturated rings. The first kappa shape index (κ1) is 22.4. The van der Waals surface area contributed by atoms with Crippen molar-refractivity contribution in [3.8, 4) is 0 Å². The molecule has 1 heterocycles. The second-order valence-electron chi connectivity index (χ2n) is 6.68. The van der Waals surface area contributed by atoms with Crippen LogP contribution in [0.5, 0.6) is 0 Å². The molecule has 0 spiro atoms. The Labute approximate surface area is 156 Å². The lowest BCUT2D eigenvalue weighted by Crippen LogP contribution is -2.56. The molecule has 0 aromatic carbocycles. The van der Waals surface area contributed by atoms with E-state index in [2.05, 4.69) is 10.6 Å². The Kier molecular flexibility index (Phi) is 8.16. The van der Waals surface area contributed by atoms with Gasteiger partial charge in [0.1, 0.15) is 18.1 Å². The lowest BCUT2D eigenvalue weighted by Gasteiger charge is -2.26. The van der Waals surface area contributed by atoms with E-state index in [0.29, 0.717) is 19.4 Å². The summed E-state index contributed by atoms with van der Waals surface area (Å²) < 4.78 is 0. The van der Waals surface area contributed by atoms with Crippen molar-refractivity contribution in [1.82, 2.24) is 15.5 Å². The highest BCUT2D eigenvalue weighted by atomic mass is 16.4. The van der Waals surface area contributed by atoms with Crippen LogP contribution in [0, 0.1) is 5.92 Å². The van der Waals surface area contributed by atoms with Gasteiger partial charge in [-0.1, -0.05) is 13.8 Å². The maximum atomic E-state index is 12.5. The molecule has 3 atom stereocenters. The van der Waals surface area contributed by atoms with Gasteiger partial charge in [-0.25, -0.2) is 4.79 Å². The zero-order chi connectivity index (χ0) is 20.7. The van der Waals surface area contributed by atoms with E-state index in [0.717, 1.165) is 0 Å². The Balaban J connectivity index is 2.88. The predicted octanol–water partition coefficient (Wildman–Crippen LogP) is -1.88. The van der Waals surface area contributed by atoms with Gasteiger partial charge < -0.3 is 31.5 Å². The normalized spacial score (nSPS) is 18.7. The van der Waals surface area contributed by atoms with Gasteiger partial charge in [0, 0.05) is 6.54 Å². The molecule has 1 rings (SSSR count). The van der Waals surface area contributed by atoms with Crippen LogP contribution in [0.1, 0.15) is 33.1 Å². The van der Waals surface area contributed by atoms with Gasteiger partial charge in [0.05, 0.1) is 13.0 Å². The Morgan fingerprint density at radius 1 is 1.15 bits per heavy atom. The minimum absolute atomic E-state index is 0.266. The third kappa shape index (κ3) is 6.20. The number of amides is 3. The predicted molar refractivity (Wildman–Crippen MR) is 92.4 cm³/mol. The van der Waals surface area contributed by atoms with Gasteiger partial charge in [-0.15, -0.1) is 0 Å². The molecule has 0 bridgehead atoms. The first-order valence-electron chi connectivity index (χ1n) is 8.63. The molecule has 1 saturated heterocycles. The molecular weight excluding hydrogens is 360 g/mol. The maximum absolute atomic E-state index is 12.5.